The maximum Gasteiger partial charge on any atom is 0.269 e. The number of carbonyl (C=O) groups excluding carboxylic acids is 1. The van der Waals surface area contributed by atoms with Crippen molar-refractivity contribution in [3.05, 3.63) is 39.9 Å². The number of nitro benzene ring substituents is 1. The van der Waals surface area contributed by atoms with Gasteiger partial charge in [0.2, 0.25) is 5.91 Å². The lowest BCUT2D eigenvalue weighted by atomic mass is 9.99. The second kappa shape index (κ2) is 6.55. The Kier molecular flexibility index (Phi) is 5.07. The van der Waals surface area contributed by atoms with Gasteiger partial charge in [0.1, 0.15) is 0 Å². The molecule has 0 heterocycles. The molecule has 100 valence electrons. The summed E-state index contributed by atoms with van der Waals surface area (Å²) in [5.41, 5.74) is 0.569. The topological polar surface area (TPSA) is 72.2 Å². The largest absolute Gasteiger partial charge is 0.342 e. The summed E-state index contributed by atoms with van der Waals surface area (Å²) in [6.07, 6.45) is 5.92. The fraction of sp³-hybridized carbons (Fsp3) is 0.357. The van der Waals surface area contributed by atoms with Crippen LogP contribution < -0.4 is 5.32 Å². The summed E-state index contributed by atoms with van der Waals surface area (Å²) in [6.45, 7) is 3.57. The van der Waals surface area contributed by atoms with E-state index >= 15 is 0 Å². The molecular weight excluding hydrogens is 244 g/mol. The van der Waals surface area contributed by atoms with Gasteiger partial charge in [-0.05, 0) is 18.9 Å². The zero-order valence-electron chi connectivity index (χ0n) is 10.9. The summed E-state index contributed by atoms with van der Waals surface area (Å²) in [5, 5.41) is 13.4. The van der Waals surface area contributed by atoms with E-state index in [0.29, 0.717) is 12.0 Å². The van der Waals surface area contributed by atoms with Gasteiger partial charge in [-0.25, -0.2) is 0 Å². The Morgan fingerprint density at radius 2 is 2.26 bits per heavy atom. The van der Waals surface area contributed by atoms with E-state index < -0.39 is 10.8 Å². The summed E-state index contributed by atoms with van der Waals surface area (Å²) in [5.74, 6) is 1.76. The highest BCUT2D eigenvalue weighted by Crippen LogP contribution is 2.20. The molecule has 2 unspecified atom stereocenters. The van der Waals surface area contributed by atoms with Crippen molar-refractivity contribution in [3.8, 4) is 12.3 Å². The van der Waals surface area contributed by atoms with Crippen LogP contribution in [-0.4, -0.2) is 16.9 Å². The average Bonchev–Trinajstić information content (AvgIpc) is 2.43. The monoisotopic (exact) mass is 260 g/mol. The summed E-state index contributed by atoms with van der Waals surface area (Å²) in [6, 6.07) is 5.74. The van der Waals surface area contributed by atoms with E-state index in [1.165, 1.54) is 12.1 Å². The standard InChI is InChI=1S/C14H16N2O3/c1-4-12(5-2)15-14(17)10(3)11-7-6-8-13(9-11)16(18)19/h1,6-10,12H,5H2,2-3H3,(H,15,17). The molecule has 0 bridgehead atoms. The molecule has 0 aromatic heterocycles. The van der Waals surface area contributed by atoms with Crippen LogP contribution >= 0.6 is 0 Å². The Hall–Kier alpha value is -2.35. The molecule has 19 heavy (non-hydrogen) atoms. The van der Waals surface area contributed by atoms with Crippen molar-refractivity contribution >= 4 is 11.6 Å². The van der Waals surface area contributed by atoms with E-state index in [1.807, 2.05) is 6.92 Å². The quantitative estimate of drug-likeness (QED) is 0.501. The SMILES string of the molecule is C#CC(CC)NC(=O)C(C)c1cccc([N+](=O)[O-])c1. The lowest BCUT2D eigenvalue weighted by molar-refractivity contribution is -0.384. The van der Waals surface area contributed by atoms with Crippen LogP contribution in [0.1, 0.15) is 31.7 Å². The molecule has 0 fully saturated rings. The number of non-ortho nitro benzene ring substituents is 1. The van der Waals surface area contributed by atoms with Crippen LogP contribution in [0.5, 0.6) is 0 Å². The van der Waals surface area contributed by atoms with Crippen LogP contribution in [0.4, 0.5) is 5.69 Å². The highest BCUT2D eigenvalue weighted by Gasteiger charge is 2.19. The molecule has 0 aliphatic rings. The number of carbonyl (C=O) groups is 1. The maximum atomic E-state index is 12.0. The highest BCUT2D eigenvalue weighted by atomic mass is 16.6. The summed E-state index contributed by atoms with van der Waals surface area (Å²) in [7, 11) is 0. The summed E-state index contributed by atoms with van der Waals surface area (Å²) < 4.78 is 0. The molecule has 1 N–H and O–H groups in total. The van der Waals surface area contributed by atoms with Gasteiger partial charge in [-0.3, -0.25) is 14.9 Å². The van der Waals surface area contributed by atoms with Gasteiger partial charge in [0.15, 0.2) is 0 Å². The van der Waals surface area contributed by atoms with Crippen molar-refractivity contribution in [3.63, 3.8) is 0 Å². The first-order valence-corrected chi connectivity index (χ1v) is 6.00. The number of nitrogens with zero attached hydrogens (tertiary/aromatic N) is 1. The fourth-order valence-corrected chi connectivity index (χ4v) is 1.62. The first kappa shape index (κ1) is 14.7. The molecule has 0 aliphatic carbocycles. The lowest BCUT2D eigenvalue weighted by Crippen LogP contribution is -2.36. The van der Waals surface area contributed by atoms with Gasteiger partial charge in [0, 0.05) is 12.1 Å². The van der Waals surface area contributed by atoms with Crippen molar-refractivity contribution in [1.29, 1.82) is 0 Å². The third-order valence-electron chi connectivity index (χ3n) is 2.90. The minimum Gasteiger partial charge on any atom is -0.342 e. The molecule has 1 aromatic carbocycles. The molecule has 0 aliphatic heterocycles. The zero-order valence-corrected chi connectivity index (χ0v) is 10.9. The smallest absolute Gasteiger partial charge is 0.269 e. The number of hydrogen-bond donors (Lipinski definition) is 1. The molecule has 1 rings (SSSR count). The lowest BCUT2D eigenvalue weighted by Gasteiger charge is -2.15. The Bertz CT molecular complexity index is 520. The van der Waals surface area contributed by atoms with E-state index in [2.05, 4.69) is 11.2 Å². The Balaban J connectivity index is 2.85. The first-order chi connectivity index (χ1) is 8.99. The van der Waals surface area contributed by atoms with Gasteiger partial charge in [0.25, 0.3) is 5.69 Å². The third kappa shape index (κ3) is 3.81. The number of nitrogens with one attached hydrogen (secondary N) is 1. The minimum absolute atomic E-state index is 0.0267. The number of nitro groups is 1. The van der Waals surface area contributed by atoms with Gasteiger partial charge in [-0.15, -0.1) is 6.42 Å². The van der Waals surface area contributed by atoms with Crippen LogP contribution in [0.3, 0.4) is 0 Å². The Morgan fingerprint density at radius 3 is 2.79 bits per heavy atom. The van der Waals surface area contributed by atoms with Gasteiger partial charge in [0.05, 0.1) is 16.9 Å². The van der Waals surface area contributed by atoms with Crippen LogP contribution in [0.2, 0.25) is 0 Å². The molecular formula is C14H16N2O3. The van der Waals surface area contributed by atoms with Crippen molar-refractivity contribution in [2.24, 2.45) is 0 Å². The highest BCUT2D eigenvalue weighted by molar-refractivity contribution is 5.83. The zero-order chi connectivity index (χ0) is 14.4. The van der Waals surface area contributed by atoms with E-state index in [9.17, 15) is 14.9 Å². The third-order valence-corrected chi connectivity index (χ3v) is 2.90. The number of rotatable bonds is 5. The molecule has 5 heteroatoms. The molecule has 0 saturated carbocycles. The van der Waals surface area contributed by atoms with Crippen molar-refractivity contribution in [2.45, 2.75) is 32.2 Å². The predicted octanol–water partition coefficient (Wildman–Crippen LogP) is 2.23. The van der Waals surface area contributed by atoms with Crippen molar-refractivity contribution < 1.29 is 9.72 Å². The minimum atomic E-state index is -0.484. The van der Waals surface area contributed by atoms with Crippen LogP contribution in [0.15, 0.2) is 24.3 Å². The second-order valence-corrected chi connectivity index (χ2v) is 4.21. The summed E-state index contributed by atoms with van der Waals surface area (Å²) in [4.78, 5) is 22.2. The van der Waals surface area contributed by atoms with Gasteiger partial charge >= 0.3 is 0 Å². The molecule has 2 atom stereocenters. The van der Waals surface area contributed by atoms with Crippen molar-refractivity contribution in [2.75, 3.05) is 0 Å². The van der Waals surface area contributed by atoms with E-state index in [0.717, 1.165) is 0 Å². The number of benzene rings is 1. The van der Waals surface area contributed by atoms with E-state index in [1.54, 1.807) is 19.1 Å². The molecule has 5 nitrogen and oxygen atoms in total. The second-order valence-electron chi connectivity index (χ2n) is 4.21. The molecule has 0 saturated heterocycles. The number of terminal acetylenes is 1. The van der Waals surface area contributed by atoms with E-state index in [-0.39, 0.29) is 17.6 Å². The Morgan fingerprint density at radius 1 is 1.58 bits per heavy atom. The first-order valence-electron chi connectivity index (χ1n) is 6.00. The van der Waals surface area contributed by atoms with Crippen LogP contribution in [0.25, 0.3) is 0 Å². The number of amides is 1. The summed E-state index contributed by atoms with van der Waals surface area (Å²) >= 11 is 0. The maximum absolute atomic E-state index is 12.0. The molecule has 0 spiro atoms. The Labute approximate surface area is 112 Å². The normalized spacial score (nSPS) is 13.1. The molecule has 1 aromatic rings. The average molecular weight is 260 g/mol. The van der Waals surface area contributed by atoms with Crippen molar-refractivity contribution in [1.82, 2.24) is 5.32 Å². The molecule has 1 amide bonds. The number of hydrogen-bond acceptors (Lipinski definition) is 3. The fourth-order valence-electron chi connectivity index (χ4n) is 1.62. The van der Waals surface area contributed by atoms with Gasteiger partial charge in [-0.1, -0.05) is 25.0 Å². The van der Waals surface area contributed by atoms with E-state index in [4.69, 9.17) is 6.42 Å². The predicted molar refractivity (Wildman–Crippen MR) is 72.6 cm³/mol. The van der Waals surface area contributed by atoms with Gasteiger partial charge in [-0.2, -0.15) is 0 Å². The molecule has 0 radical (unpaired) electrons. The van der Waals surface area contributed by atoms with Crippen LogP contribution in [0, 0.1) is 22.5 Å². The van der Waals surface area contributed by atoms with Crippen LogP contribution in [-0.2, 0) is 4.79 Å². The van der Waals surface area contributed by atoms with Gasteiger partial charge < -0.3 is 5.32 Å².